The molecule has 3 N–H and O–H groups in total. The van der Waals surface area contributed by atoms with Gasteiger partial charge in [0.15, 0.2) is 0 Å². The normalized spacial score (nSPS) is 21.3. The molecule has 0 aromatic carbocycles. The number of hydrogen-bond acceptors (Lipinski definition) is 4. The van der Waals surface area contributed by atoms with E-state index in [9.17, 15) is 8.42 Å². The molecule has 1 aliphatic heterocycles. The first-order valence-electron chi connectivity index (χ1n) is 4.85. The van der Waals surface area contributed by atoms with Crippen molar-refractivity contribution >= 4 is 10.0 Å². The van der Waals surface area contributed by atoms with Gasteiger partial charge in [-0.05, 0) is 31.8 Å². The molecule has 6 heteroatoms. The van der Waals surface area contributed by atoms with Crippen LogP contribution in [-0.4, -0.2) is 50.4 Å². The van der Waals surface area contributed by atoms with Gasteiger partial charge in [0.05, 0.1) is 5.75 Å². The number of aliphatic hydroxyl groups excluding tert-OH is 1. The molecule has 0 spiro atoms. The molecule has 0 radical (unpaired) electrons. The quantitative estimate of drug-likeness (QED) is 0.637. The molecule has 0 saturated carbocycles. The van der Waals surface area contributed by atoms with E-state index in [1.165, 1.54) is 0 Å². The number of aliphatic hydroxyl groups is 1. The van der Waals surface area contributed by atoms with E-state index in [4.69, 9.17) is 10.2 Å². The Morgan fingerprint density at radius 2 is 1.93 bits per heavy atom. The maximum atomic E-state index is 10.7. The summed E-state index contributed by atoms with van der Waals surface area (Å²) in [5.74, 6) is 0.414. The van der Waals surface area contributed by atoms with Gasteiger partial charge in [0.1, 0.15) is 0 Å². The molecule has 0 bridgehead atoms. The molecule has 1 aliphatic rings. The van der Waals surface area contributed by atoms with Crippen molar-refractivity contribution in [2.75, 3.05) is 32.0 Å². The number of nitrogens with two attached hydrogens (primary N) is 1. The molecular weight excluding hydrogens is 204 g/mol. The zero-order valence-corrected chi connectivity index (χ0v) is 9.04. The van der Waals surface area contributed by atoms with Crippen LogP contribution in [0.5, 0.6) is 0 Å². The summed E-state index contributed by atoms with van der Waals surface area (Å²) in [5, 5.41) is 13.8. The minimum absolute atomic E-state index is 0.0246. The third-order valence-corrected chi connectivity index (χ3v) is 3.41. The van der Waals surface area contributed by atoms with Crippen LogP contribution < -0.4 is 5.14 Å². The molecule has 1 rings (SSSR count). The van der Waals surface area contributed by atoms with Crippen LogP contribution in [0, 0.1) is 5.92 Å². The van der Waals surface area contributed by atoms with Crippen molar-refractivity contribution in [2.45, 2.75) is 12.8 Å². The van der Waals surface area contributed by atoms with Crippen molar-refractivity contribution < 1.29 is 13.5 Å². The fourth-order valence-corrected chi connectivity index (χ4v) is 2.16. The fraction of sp³-hybridized carbons (Fsp3) is 1.00. The van der Waals surface area contributed by atoms with Gasteiger partial charge >= 0.3 is 0 Å². The molecule has 1 saturated heterocycles. The van der Waals surface area contributed by atoms with Crippen LogP contribution in [0.15, 0.2) is 0 Å². The van der Waals surface area contributed by atoms with E-state index < -0.39 is 10.0 Å². The summed E-state index contributed by atoms with van der Waals surface area (Å²) in [6, 6.07) is 0. The number of sulfonamides is 1. The summed E-state index contributed by atoms with van der Waals surface area (Å²) in [6.45, 7) is 2.47. The summed E-state index contributed by atoms with van der Waals surface area (Å²) in [4.78, 5) is 2.08. The van der Waals surface area contributed by atoms with Crippen LogP contribution in [0.1, 0.15) is 12.8 Å². The first-order valence-corrected chi connectivity index (χ1v) is 6.56. The van der Waals surface area contributed by atoms with E-state index in [2.05, 4.69) is 4.90 Å². The highest BCUT2D eigenvalue weighted by Gasteiger charge is 2.18. The fourth-order valence-electron chi connectivity index (χ4n) is 1.65. The Kier molecular flexibility index (Phi) is 4.31. The molecule has 5 nitrogen and oxygen atoms in total. The second-order valence-corrected chi connectivity index (χ2v) is 5.57. The average Bonchev–Trinajstić information content (AvgIpc) is 2.14. The van der Waals surface area contributed by atoms with Crippen LogP contribution in [0.4, 0.5) is 0 Å². The summed E-state index contributed by atoms with van der Waals surface area (Å²) < 4.78 is 21.4. The number of likely N-dealkylation sites (tertiary alicyclic amines) is 1. The Labute approximate surface area is 84.9 Å². The number of hydrogen-bond donors (Lipinski definition) is 2. The van der Waals surface area contributed by atoms with Gasteiger partial charge in [-0.15, -0.1) is 0 Å². The monoisotopic (exact) mass is 222 g/mol. The van der Waals surface area contributed by atoms with E-state index in [0.717, 1.165) is 25.9 Å². The lowest BCUT2D eigenvalue weighted by atomic mass is 9.98. The number of nitrogens with zero attached hydrogens (tertiary/aromatic N) is 1. The van der Waals surface area contributed by atoms with Gasteiger partial charge in [0, 0.05) is 13.2 Å². The Morgan fingerprint density at radius 1 is 1.36 bits per heavy atom. The summed E-state index contributed by atoms with van der Waals surface area (Å²) in [7, 11) is -3.33. The van der Waals surface area contributed by atoms with Gasteiger partial charge in [-0.25, -0.2) is 13.6 Å². The van der Waals surface area contributed by atoms with Crippen LogP contribution in [0.25, 0.3) is 0 Å². The van der Waals surface area contributed by atoms with E-state index in [1.54, 1.807) is 0 Å². The van der Waals surface area contributed by atoms with Crippen LogP contribution in [-0.2, 0) is 10.0 Å². The van der Waals surface area contributed by atoms with Crippen molar-refractivity contribution in [1.29, 1.82) is 0 Å². The van der Waals surface area contributed by atoms with Gasteiger partial charge in [0.2, 0.25) is 10.0 Å². The second kappa shape index (κ2) is 5.06. The predicted octanol–water partition coefficient (Wildman–Crippen LogP) is -1.02. The molecule has 0 aliphatic carbocycles. The maximum Gasteiger partial charge on any atom is 0.210 e. The number of rotatable bonds is 4. The van der Waals surface area contributed by atoms with Crippen molar-refractivity contribution in [3.63, 3.8) is 0 Å². The summed E-state index contributed by atoms with van der Waals surface area (Å²) in [5.41, 5.74) is 0. The molecule has 0 aromatic heterocycles. The van der Waals surface area contributed by atoms with Gasteiger partial charge in [-0.3, -0.25) is 0 Å². The first kappa shape index (κ1) is 11.9. The zero-order valence-electron chi connectivity index (χ0n) is 8.22. The summed E-state index contributed by atoms with van der Waals surface area (Å²) in [6.07, 6.45) is 1.89. The molecule has 1 fully saturated rings. The smallest absolute Gasteiger partial charge is 0.210 e. The molecular formula is C8H18N2O3S. The minimum Gasteiger partial charge on any atom is -0.396 e. The maximum absolute atomic E-state index is 10.7. The van der Waals surface area contributed by atoms with E-state index >= 15 is 0 Å². The molecule has 0 aromatic rings. The lowest BCUT2D eigenvalue weighted by molar-refractivity contribution is 0.136. The minimum atomic E-state index is -3.33. The Bertz CT molecular complexity index is 258. The topological polar surface area (TPSA) is 83.6 Å². The Hall–Kier alpha value is -0.170. The van der Waals surface area contributed by atoms with Gasteiger partial charge in [-0.1, -0.05) is 0 Å². The molecule has 14 heavy (non-hydrogen) atoms. The third kappa shape index (κ3) is 4.36. The van der Waals surface area contributed by atoms with Gasteiger partial charge in [-0.2, -0.15) is 0 Å². The standard InChI is InChI=1S/C8H18N2O3S/c9-14(12,13)6-5-10-3-1-8(7-11)2-4-10/h8,11H,1-7H2,(H2,9,12,13). The number of primary sulfonamides is 1. The highest BCUT2D eigenvalue weighted by molar-refractivity contribution is 7.89. The summed E-state index contributed by atoms with van der Waals surface area (Å²) >= 11 is 0. The Balaban J connectivity index is 2.23. The van der Waals surface area contributed by atoms with E-state index in [-0.39, 0.29) is 12.4 Å². The first-order chi connectivity index (χ1) is 6.51. The molecule has 0 amide bonds. The average molecular weight is 222 g/mol. The zero-order chi connectivity index (χ0) is 10.6. The van der Waals surface area contributed by atoms with Gasteiger partial charge in [0.25, 0.3) is 0 Å². The number of piperidine rings is 1. The lowest BCUT2D eigenvalue weighted by Gasteiger charge is -2.30. The van der Waals surface area contributed by atoms with Crippen LogP contribution >= 0.6 is 0 Å². The highest BCUT2D eigenvalue weighted by Crippen LogP contribution is 2.15. The lowest BCUT2D eigenvalue weighted by Crippen LogP contribution is -2.38. The second-order valence-electron chi connectivity index (χ2n) is 3.83. The molecule has 0 unspecified atom stereocenters. The predicted molar refractivity (Wildman–Crippen MR) is 54.2 cm³/mol. The largest absolute Gasteiger partial charge is 0.396 e. The van der Waals surface area contributed by atoms with Crippen molar-refractivity contribution in [2.24, 2.45) is 11.1 Å². The highest BCUT2D eigenvalue weighted by atomic mass is 32.2. The molecule has 84 valence electrons. The van der Waals surface area contributed by atoms with E-state index in [1.807, 2.05) is 0 Å². The van der Waals surface area contributed by atoms with Crippen LogP contribution in [0.2, 0.25) is 0 Å². The van der Waals surface area contributed by atoms with E-state index in [0.29, 0.717) is 12.5 Å². The van der Waals surface area contributed by atoms with Crippen molar-refractivity contribution in [3.05, 3.63) is 0 Å². The van der Waals surface area contributed by atoms with Crippen molar-refractivity contribution in [3.8, 4) is 0 Å². The Morgan fingerprint density at radius 3 is 2.36 bits per heavy atom. The third-order valence-electron chi connectivity index (χ3n) is 2.66. The van der Waals surface area contributed by atoms with Crippen LogP contribution in [0.3, 0.4) is 0 Å². The SMILES string of the molecule is NS(=O)(=O)CCN1CCC(CO)CC1. The van der Waals surface area contributed by atoms with Gasteiger partial charge < -0.3 is 10.0 Å². The molecule has 0 atom stereocenters. The van der Waals surface area contributed by atoms with Crippen molar-refractivity contribution in [1.82, 2.24) is 4.90 Å². The molecule has 1 heterocycles.